The lowest BCUT2D eigenvalue weighted by molar-refractivity contribution is 0.254. The number of halogens is 1. The van der Waals surface area contributed by atoms with Gasteiger partial charge in [0.05, 0.1) is 31.4 Å². The lowest BCUT2D eigenvalue weighted by atomic mass is 10.2. The van der Waals surface area contributed by atoms with Gasteiger partial charge in [0, 0.05) is 40.2 Å². The first-order valence-corrected chi connectivity index (χ1v) is 9.89. The van der Waals surface area contributed by atoms with Gasteiger partial charge in [0.2, 0.25) is 5.88 Å². The molecule has 0 saturated carbocycles. The number of aromatic amines is 1. The van der Waals surface area contributed by atoms with Gasteiger partial charge in [0.25, 0.3) is 0 Å². The molecule has 7 nitrogen and oxygen atoms in total. The van der Waals surface area contributed by atoms with Crippen LogP contribution in [0.25, 0.3) is 21.8 Å². The third kappa shape index (κ3) is 4.43. The Bertz CT molecular complexity index is 1790. The fraction of sp³-hybridized carbons (Fsp3) is 0.360. The Balaban J connectivity index is 1.47. The van der Waals surface area contributed by atoms with Crippen molar-refractivity contribution >= 4 is 21.8 Å². The summed E-state index contributed by atoms with van der Waals surface area (Å²) in [4.78, 5) is 11.4. The number of rotatable bonds is 8. The molecule has 4 aromatic rings. The molecule has 8 heteroatoms. The van der Waals surface area contributed by atoms with Crippen molar-refractivity contribution in [2.24, 2.45) is 0 Å². The second-order valence-corrected chi connectivity index (χ2v) is 7.11. The van der Waals surface area contributed by atoms with Gasteiger partial charge in [-0.3, -0.25) is 0 Å². The van der Waals surface area contributed by atoms with Crippen LogP contribution in [0.4, 0.5) is 4.39 Å². The maximum atomic E-state index is 15.2. The van der Waals surface area contributed by atoms with Crippen LogP contribution in [0.15, 0.2) is 36.7 Å². The van der Waals surface area contributed by atoms with Gasteiger partial charge in [-0.2, -0.15) is 0 Å². The molecule has 0 aliphatic carbocycles. The molecule has 0 bridgehead atoms. The van der Waals surface area contributed by atoms with Crippen molar-refractivity contribution in [3.63, 3.8) is 0 Å². The minimum atomic E-state index is -3.30. The zero-order valence-electron chi connectivity index (χ0n) is 30.3. The molecule has 3 heterocycles. The van der Waals surface area contributed by atoms with Crippen molar-refractivity contribution < 1.29 is 36.4 Å². The molecular formula is C25H27FN4O3. The highest BCUT2D eigenvalue weighted by Crippen LogP contribution is 2.37. The molecule has 33 heavy (non-hydrogen) atoms. The molecule has 1 N–H and O–H groups in total. The number of aromatic nitrogens is 3. The minimum absolute atomic E-state index is 0.0428. The Hall–Kier alpha value is -3.39. The summed E-state index contributed by atoms with van der Waals surface area (Å²) >= 11 is 0. The summed E-state index contributed by atoms with van der Waals surface area (Å²) in [5.74, 6) is -2.08. The summed E-state index contributed by atoms with van der Waals surface area (Å²) < 4.78 is 135. The number of hydrogen-bond acceptors (Lipinski definition) is 6. The third-order valence-electron chi connectivity index (χ3n) is 4.88. The second kappa shape index (κ2) is 9.23. The highest BCUT2D eigenvalue weighted by atomic mass is 19.1. The van der Waals surface area contributed by atoms with E-state index in [0.717, 1.165) is 24.2 Å². The first kappa shape index (κ1) is 11.2. The largest absolute Gasteiger partial charge is 0.493 e. The van der Waals surface area contributed by atoms with Crippen molar-refractivity contribution in [2.45, 2.75) is 26.1 Å². The Kier molecular flexibility index (Phi) is 3.12. The van der Waals surface area contributed by atoms with E-state index in [9.17, 15) is 0 Å². The normalized spacial score (nSPS) is 27.0. The zero-order chi connectivity index (χ0) is 34.3. The average Bonchev–Trinajstić information content (AvgIpc) is 3.32. The molecule has 1 aliphatic rings. The van der Waals surface area contributed by atoms with Crippen LogP contribution >= 0.6 is 0 Å². The number of H-pyrrole nitrogens is 1. The van der Waals surface area contributed by atoms with E-state index in [1.165, 1.54) is 6.07 Å². The van der Waals surface area contributed by atoms with E-state index in [-0.39, 0.29) is 32.8 Å². The Morgan fingerprint density at radius 3 is 2.88 bits per heavy atom. The Morgan fingerprint density at radius 2 is 2.03 bits per heavy atom. The number of fused-ring (bicyclic) bond motifs is 2. The van der Waals surface area contributed by atoms with Gasteiger partial charge in [-0.15, -0.1) is 0 Å². The van der Waals surface area contributed by atoms with Crippen LogP contribution in [-0.2, 0) is 0 Å². The molecule has 1 saturated heterocycles. The van der Waals surface area contributed by atoms with E-state index in [4.69, 9.17) is 32.0 Å². The Labute approximate surface area is 209 Å². The lowest BCUT2D eigenvalue weighted by Gasteiger charge is -2.16. The molecule has 0 spiro atoms. The van der Waals surface area contributed by atoms with Crippen LogP contribution in [0.1, 0.15) is 42.7 Å². The van der Waals surface area contributed by atoms with Crippen LogP contribution in [-0.4, -0.2) is 53.0 Å². The van der Waals surface area contributed by atoms with Crippen LogP contribution < -0.4 is 14.2 Å². The second-order valence-electron chi connectivity index (χ2n) is 7.11. The summed E-state index contributed by atoms with van der Waals surface area (Å²) in [6.07, 6.45) is -6.35. The molecule has 5 rings (SSSR count). The third-order valence-corrected chi connectivity index (χ3v) is 4.88. The molecule has 1 fully saturated rings. The fourth-order valence-electron chi connectivity index (χ4n) is 3.37. The SMILES string of the molecule is [2H]C([2H])([2H])Oc1cc2c(Oc3ccc4[nH]c(C)cc4c3F)ncnc2cc1OC([2H])([2H])CCN1C([2H])([2H])C([2H])([2H])C([2H])([2H])C1([2H])[2H]. The van der Waals surface area contributed by atoms with Crippen molar-refractivity contribution in [1.82, 2.24) is 19.9 Å². The topological polar surface area (TPSA) is 72.5 Å². The van der Waals surface area contributed by atoms with E-state index >= 15 is 4.39 Å². The number of aryl methyl sites for hydroxylation is 1. The number of nitrogens with one attached hydrogen (secondary N) is 1. The predicted molar refractivity (Wildman–Crippen MR) is 125 cm³/mol. The van der Waals surface area contributed by atoms with Crippen LogP contribution in [0.5, 0.6) is 23.1 Å². The minimum Gasteiger partial charge on any atom is -0.493 e. The average molecular weight is 464 g/mol. The highest BCUT2D eigenvalue weighted by molar-refractivity contribution is 5.87. The molecular weight excluding hydrogens is 423 g/mol. The number of hydrogen-bond donors (Lipinski definition) is 1. The van der Waals surface area contributed by atoms with Crippen molar-refractivity contribution in [1.29, 1.82) is 0 Å². The van der Waals surface area contributed by atoms with Crippen LogP contribution in [0.3, 0.4) is 0 Å². The van der Waals surface area contributed by atoms with Gasteiger partial charge in [-0.25, -0.2) is 14.4 Å². The van der Waals surface area contributed by atoms with Crippen LogP contribution in [0.2, 0.25) is 0 Å². The van der Waals surface area contributed by atoms with Crippen molar-refractivity contribution in [2.75, 3.05) is 33.1 Å². The smallest absolute Gasteiger partial charge is 0.230 e. The zero-order valence-corrected chi connectivity index (χ0v) is 17.3. The van der Waals surface area contributed by atoms with Gasteiger partial charge >= 0.3 is 0 Å². The van der Waals surface area contributed by atoms with E-state index in [1.54, 1.807) is 19.1 Å². The molecule has 0 amide bonds. The number of nitrogens with zero attached hydrogens (tertiary/aromatic N) is 3. The van der Waals surface area contributed by atoms with E-state index in [2.05, 4.69) is 15.0 Å². The van der Waals surface area contributed by atoms with Gasteiger partial charge in [0.1, 0.15) is 6.33 Å². The number of likely N-dealkylation sites (tertiary alicyclic amines) is 1. The first-order chi connectivity index (χ1) is 21.0. The first-order valence-electron chi connectivity index (χ1n) is 16.4. The van der Waals surface area contributed by atoms with Gasteiger partial charge < -0.3 is 24.1 Å². The Morgan fingerprint density at radius 1 is 1.15 bits per heavy atom. The summed E-state index contributed by atoms with van der Waals surface area (Å²) in [5.41, 5.74) is 1.30. The monoisotopic (exact) mass is 463 g/mol. The fourth-order valence-corrected chi connectivity index (χ4v) is 3.37. The summed E-state index contributed by atoms with van der Waals surface area (Å²) in [6, 6.07) is 6.77. The number of benzene rings is 2. The standard InChI is InChI=1S/C25H27FN4O3/c1-16-12-17-19(29-16)6-7-21(24(17)26)33-25-18-13-22(31-2)23(14-20(18)27-15-28-25)32-11-5-10-30-8-3-4-9-30/h6-7,12-15,29H,3-5,8-11H2,1-2H3/i2D3,3D2,4D2,8D2,9D2,11D2. The van der Waals surface area contributed by atoms with Gasteiger partial charge in [0.15, 0.2) is 23.1 Å². The molecule has 0 unspecified atom stereocenters. The molecule has 0 atom stereocenters. The summed E-state index contributed by atoms with van der Waals surface area (Å²) in [7, 11) is -3.06. The summed E-state index contributed by atoms with van der Waals surface area (Å²) in [6.45, 7) is -8.22. The number of methoxy groups -OCH3 is 1. The van der Waals surface area contributed by atoms with Gasteiger partial charge in [-0.05, 0) is 63.3 Å². The molecule has 172 valence electrons. The molecule has 2 aromatic heterocycles. The quantitative estimate of drug-likeness (QED) is 0.386. The predicted octanol–water partition coefficient (Wildman–Crippen LogP) is 5.22. The van der Waals surface area contributed by atoms with Crippen molar-refractivity contribution in [3.05, 3.63) is 48.2 Å². The van der Waals surface area contributed by atoms with Crippen LogP contribution in [0, 0.1) is 12.7 Å². The molecule has 0 radical (unpaired) electrons. The molecule has 1 aliphatic heterocycles. The highest BCUT2D eigenvalue weighted by Gasteiger charge is 2.17. The maximum absolute atomic E-state index is 15.2. The lowest BCUT2D eigenvalue weighted by Crippen LogP contribution is -2.21. The molecule has 2 aromatic carbocycles. The van der Waals surface area contributed by atoms with Crippen molar-refractivity contribution in [3.8, 4) is 23.1 Å². The summed E-state index contributed by atoms with van der Waals surface area (Å²) in [5, 5.41) is 0.308. The van der Waals surface area contributed by atoms with E-state index in [1.807, 2.05) is 0 Å². The number of ether oxygens (including phenoxy) is 3. The van der Waals surface area contributed by atoms with E-state index in [0.29, 0.717) is 5.52 Å². The maximum Gasteiger partial charge on any atom is 0.230 e. The van der Waals surface area contributed by atoms with E-state index < -0.39 is 69.6 Å². The van der Waals surface area contributed by atoms with Gasteiger partial charge in [-0.1, -0.05) is 0 Å².